The molecule has 1 heterocycles. The first-order valence-electron chi connectivity index (χ1n) is 5.65. The van der Waals surface area contributed by atoms with Crippen LogP contribution in [0.2, 0.25) is 0 Å². The van der Waals surface area contributed by atoms with E-state index in [9.17, 15) is 4.79 Å². The first kappa shape index (κ1) is 11.3. The van der Waals surface area contributed by atoms with Crippen LogP contribution in [0.15, 0.2) is 60.9 Å². The van der Waals surface area contributed by atoms with E-state index in [1.165, 1.54) is 5.56 Å². The zero-order valence-electron chi connectivity index (χ0n) is 9.54. The Labute approximate surface area is 101 Å². The predicted octanol–water partition coefficient (Wildman–Crippen LogP) is 1.68. The number of carbonyl (C=O) groups excluding carboxylic acids is 1. The summed E-state index contributed by atoms with van der Waals surface area (Å²) in [5, 5.41) is 0. The second-order valence-electron chi connectivity index (χ2n) is 3.80. The van der Waals surface area contributed by atoms with Crippen molar-refractivity contribution in [3.63, 3.8) is 0 Å². The molecule has 0 aliphatic heterocycles. The maximum atomic E-state index is 11.7. The highest BCUT2D eigenvalue weighted by Crippen LogP contribution is 2.01. The molecule has 17 heavy (non-hydrogen) atoms. The van der Waals surface area contributed by atoms with Crippen molar-refractivity contribution in [1.82, 2.24) is 0 Å². The van der Waals surface area contributed by atoms with Crippen molar-refractivity contribution < 1.29 is 9.47 Å². The van der Waals surface area contributed by atoms with Gasteiger partial charge in [0.25, 0.3) is 5.91 Å². The molecule has 0 saturated carbocycles. The normalized spacial score (nSPS) is 9.88. The van der Waals surface area contributed by atoms with Gasteiger partial charge in [-0.3, -0.25) is 4.79 Å². The highest BCUT2D eigenvalue weighted by molar-refractivity contribution is 5.82. The lowest BCUT2D eigenvalue weighted by Crippen LogP contribution is -2.47. The molecule has 0 bridgehead atoms. The Bertz CT molecular complexity index is 468. The zero-order valence-corrected chi connectivity index (χ0v) is 9.54. The average molecular weight is 227 g/mol. The summed E-state index contributed by atoms with van der Waals surface area (Å²) in [6.07, 6.45) is 4.87. The molecule has 0 atom stereocenters. The van der Waals surface area contributed by atoms with Gasteiger partial charge in [-0.15, -0.1) is 5.43 Å². The number of pyridine rings is 1. The average Bonchev–Trinajstić information content (AvgIpc) is 2.39. The molecule has 0 unspecified atom stereocenters. The Balaban J connectivity index is 1.83. The third kappa shape index (κ3) is 3.72. The molecule has 0 aliphatic rings. The zero-order chi connectivity index (χ0) is 11.9. The van der Waals surface area contributed by atoms with Crippen molar-refractivity contribution in [2.24, 2.45) is 0 Å². The molecule has 1 aromatic heterocycles. The van der Waals surface area contributed by atoms with Gasteiger partial charge >= 0.3 is 0 Å². The Morgan fingerprint density at radius 1 is 1.00 bits per heavy atom. The van der Waals surface area contributed by atoms with Crippen molar-refractivity contribution in [2.45, 2.75) is 12.8 Å². The van der Waals surface area contributed by atoms with Gasteiger partial charge in [0.05, 0.1) is 0 Å². The smallest absolute Gasteiger partial charge is 0.269 e. The van der Waals surface area contributed by atoms with Gasteiger partial charge in [-0.05, 0) is 12.0 Å². The second kappa shape index (κ2) is 5.80. The van der Waals surface area contributed by atoms with Crippen LogP contribution in [-0.2, 0) is 11.2 Å². The minimum Gasteiger partial charge on any atom is -0.269 e. The van der Waals surface area contributed by atoms with Crippen molar-refractivity contribution in [2.75, 3.05) is 5.43 Å². The number of aromatic nitrogens is 1. The largest absolute Gasteiger partial charge is 0.275 e. The van der Waals surface area contributed by atoms with Crippen LogP contribution in [-0.4, -0.2) is 5.91 Å². The number of aryl methyl sites for hydroxylation is 1. The molecule has 0 saturated heterocycles. The minimum absolute atomic E-state index is 0.0186. The van der Waals surface area contributed by atoms with Gasteiger partial charge in [-0.25, -0.2) is 0 Å². The van der Waals surface area contributed by atoms with Gasteiger partial charge in [0.1, 0.15) is 0 Å². The molecule has 2 rings (SSSR count). The number of carbonyl (C=O) groups is 1. The lowest BCUT2D eigenvalue weighted by atomic mass is 10.1. The Kier molecular flexibility index (Phi) is 3.86. The molecule has 2 aromatic rings. The SMILES string of the molecule is O=C(CCc1ccccc1)N[n+]1ccccc1. The molecule has 1 N–H and O–H groups in total. The maximum Gasteiger partial charge on any atom is 0.275 e. The Hall–Kier alpha value is -2.16. The summed E-state index contributed by atoms with van der Waals surface area (Å²) in [5.41, 5.74) is 3.97. The molecule has 1 amide bonds. The van der Waals surface area contributed by atoms with E-state index >= 15 is 0 Å². The summed E-state index contributed by atoms with van der Waals surface area (Å²) < 4.78 is 1.66. The van der Waals surface area contributed by atoms with E-state index in [4.69, 9.17) is 0 Å². The van der Waals surface area contributed by atoms with Gasteiger partial charge in [0.2, 0.25) is 0 Å². The molecule has 3 nitrogen and oxygen atoms in total. The molecular weight excluding hydrogens is 212 g/mol. The highest BCUT2D eigenvalue weighted by Gasteiger charge is 2.06. The summed E-state index contributed by atoms with van der Waals surface area (Å²) in [4.78, 5) is 11.7. The van der Waals surface area contributed by atoms with E-state index in [0.29, 0.717) is 6.42 Å². The molecule has 0 aliphatic carbocycles. The topological polar surface area (TPSA) is 33.0 Å². The van der Waals surface area contributed by atoms with E-state index in [2.05, 4.69) is 5.43 Å². The Morgan fingerprint density at radius 3 is 2.35 bits per heavy atom. The van der Waals surface area contributed by atoms with Crippen LogP contribution in [0.3, 0.4) is 0 Å². The van der Waals surface area contributed by atoms with Gasteiger partial charge in [0, 0.05) is 18.6 Å². The first-order valence-corrected chi connectivity index (χ1v) is 5.65. The predicted molar refractivity (Wildman–Crippen MR) is 65.8 cm³/mol. The molecule has 0 radical (unpaired) electrons. The van der Waals surface area contributed by atoms with Gasteiger partial charge < -0.3 is 0 Å². The van der Waals surface area contributed by atoms with Crippen LogP contribution < -0.4 is 10.1 Å². The molecular formula is C14H15N2O+. The summed E-state index contributed by atoms with van der Waals surface area (Å²) >= 11 is 0. The third-order valence-electron chi connectivity index (χ3n) is 2.45. The van der Waals surface area contributed by atoms with Gasteiger partial charge in [0.15, 0.2) is 12.4 Å². The summed E-state index contributed by atoms with van der Waals surface area (Å²) in [6.45, 7) is 0. The number of benzene rings is 1. The summed E-state index contributed by atoms with van der Waals surface area (Å²) in [5.74, 6) is 0.0186. The number of nitrogens with one attached hydrogen (secondary N) is 1. The molecule has 86 valence electrons. The number of hydrogen-bond donors (Lipinski definition) is 1. The van der Waals surface area contributed by atoms with Crippen molar-refractivity contribution in [1.29, 1.82) is 0 Å². The molecule has 0 fully saturated rings. The van der Waals surface area contributed by atoms with E-state index in [1.54, 1.807) is 17.1 Å². The maximum absolute atomic E-state index is 11.7. The molecule has 3 heteroatoms. The third-order valence-corrected chi connectivity index (χ3v) is 2.45. The number of rotatable bonds is 4. The summed E-state index contributed by atoms with van der Waals surface area (Å²) in [7, 11) is 0. The van der Waals surface area contributed by atoms with Crippen LogP contribution in [0.5, 0.6) is 0 Å². The van der Waals surface area contributed by atoms with E-state index in [1.807, 2.05) is 48.5 Å². The van der Waals surface area contributed by atoms with Crippen molar-refractivity contribution >= 4 is 5.91 Å². The lowest BCUT2D eigenvalue weighted by Gasteiger charge is -2.00. The van der Waals surface area contributed by atoms with Gasteiger partial charge in [-0.2, -0.15) is 0 Å². The molecule has 0 spiro atoms. The standard InChI is InChI=1S/C14H14N2O/c17-14(15-16-11-5-2-6-12-16)10-9-13-7-3-1-4-8-13/h1-8,11-12H,9-10H2/p+1. The number of amides is 1. The molecule has 1 aromatic carbocycles. The van der Waals surface area contributed by atoms with Gasteiger partial charge in [-0.1, -0.05) is 41.1 Å². The van der Waals surface area contributed by atoms with Crippen LogP contribution >= 0.6 is 0 Å². The van der Waals surface area contributed by atoms with E-state index in [0.717, 1.165) is 6.42 Å². The van der Waals surface area contributed by atoms with Crippen molar-refractivity contribution in [3.05, 3.63) is 66.5 Å². The number of hydrogen-bond acceptors (Lipinski definition) is 1. The van der Waals surface area contributed by atoms with E-state index in [-0.39, 0.29) is 5.91 Å². The minimum atomic E-state index is 0.0186. The van der Waals surface area contributed by atoms with Crippen LogP contribution in [0.4, 0.5) is 0 Å². The fraction of sp³-hybridized carbons (Fsp3) is 0.143. The van der Waals surface area contributed by atoms with Crippen LogP contribution in [0.1, 0.15) is 12.0 Å². The first-order chi connectivity index (χ1) is 8.34. The van der Waals surface area contributed by atoms with E-state index < -0.39 is 0 Å². The summed E-state index contributed by atoms with van der Waals surface area (Å²) in [6, 6.07) is 15.7. The van der Waals surface area contributed by atoms with Crippen molar-refractivity contribution in [3.8, 4) is 0 Å². The Morgan fingerprint density at radius 2 is 1.65 bits per heavy atom. The highest BCUT2D eigenvalue weighted by atomic mass is 16.2. The fourth-order valence-corrected chi connectivity index (χ4v) is 1.58. The van der Waals surface area contributed by atoms with Crippen LogP contribution in [0.25, 0.3) is 0 Å². The number of nitrogens with zero attached hydrogens (tertiary/aromatic N) is 1. The lowest BCUT2D eigenvalue weighted by molar-refractivity contribution is -0.642. The quantitative estimate of drug-likeness (QED) is 0.792. The monoisotopic (exact) mass is 227 g/mol. The fourth-order valence-electron chi connectivity index (χ4n) is 1.58. The van der Waals surface area contributed by atoms with Crippen LogP contribution in [0, 0.1) is 0 Å². The second-order valence-corrected chi connectivity index (χ2v) is 3.80.